The van der Waals surface area contributed by atoms with E-state index in [-0.39, 0.29) is 34.8 Å². The van der Waals surface area contributed by atoms with Gasteiger partial charge in [0.25, 0.3) is 0 Å². The molecule has 0 aliphatic rings. The number of benzene rings is 3. The average Bonchev–Trinajstić information content (AvgIpc) is 2.91. The Kier molecular flexibility index (Phi) is 10.2. The Hall–Kier alpha value is -4.01. The van der Waals surface area contributed by atoms with Gasteiger partial charge in [-0.1, -0.05) is 53.5 Å². The summed E-state index contributed by atoms with van der Waals surface area (Å²) in [4.78, 5) is 61.0. The highest BCUT2D eigenvalue weighted by Gasteiger charge is 2.20. The van der Waals surface area contributed by atoms with Gasteiger partial charge in [-0.15, -0.1) is 0 Å². The van der Waals surface area contributed by atoms with E-state index in [9.17, 15) is 24.0 Å². The third-order valence-electron chi connectivity index (χ3n) is 5.27. The van der Waals surface area contributed by atoms with Gasteiger partial charge in [0.15, 0.2) is 12.7 Å². The number of hydrogen-bond donors (Lipinski definition) is 1. The Balaban J connectivity index is 1.42. The molecule has 1 atom stereocenters. The number of nitrogens with one attached hydrogen (secondary N) is 1. The van der Waals surface area contributed by atoms with Crippen molar-refractivity contribution >= 4 is 58.3 Å². The van der Waals surface area contributed by atoms with Crippen molar-refractivity contribution in [2.24, 2.45) is 0 Å². The summed E-state index contributed by atoms with van der Waals surface area (Å²) in [5.41, 5.74) is 1.20. The molecule has 3 aromatic carbocycles. The number of Topliss-reactive ketones (excluding diaryl/α,β-unsaturated/α-hetero) is 2. The fraction of sp³-hybridized carbons (Fsp3) is 0.179. The lowest BCUT2D eigenvalue weighted by atomic mass is 10.1. The van der Waals surface area contributed by atoms with Gasteiger partial charge in [-0.25, -0.2) is 4.79 Å². The SMILES string of the molecule is CC(OC(=O)c1ccc(NC(=O)CCC(=O)OCC(=O)c2ccc(Cl)cc2Cl)cc1)C(=O)c1ccccc1. The summed E-state index contributed by atoms with van der Waals surface area (Å²) in [5, 5.41) is 3.11. The molecule has 10 heteroatoms. The third-order valence-corrected chi connectivity index (χ3v) is 5.82. The molecule has 3 rings (SSSR count). The summed E-state index contributed by atoms with van der Waals surface area (Å²) < 4.78 is 10.2. The molecule has 0 aliphatic heterocycles. The molecule has 0 fully saturated rings. The predicted molar refractivity (Wildman–Crippen MR) is 142 cm³/mol. The number of carbonyl (C=O) groups excluding carboxylic acids is 5. The van der Waals surface area contributed by atoms with Crippen LogP contribution in [-0.4, -0.2) is 42.1 Å². The molecule has 1 N–H and O–H groups in total. The first-order chi connectivity index (χ1) is 18.1. The van der Waals surface area contributed by atoms with Crippen LogP contribution in [0, 0.1) is 0 Å². The van der Waals surface area contributed by atoms with Crippen LogP contribution in [0.4, 0.5) is 5.69 Å². The van der Waals surface area contributed by atoms with Crippen LogP contribution in [0.15, 0.2) is 72.8 Å². The first kappa shape index (κ1) is 28.6. The van der Waals surface area contributed by atoms with E-state index < -0.39 is 36.3 Å². The van der Waals surface area contributed by atoms with Crippen LogP contribution in [-0.2, 0) is 19.1 Å². The van der Waals surface area contributed by atoms with Gasteiger partial charge in [-0.3, -0.25) is 19.2 Å². The molecule has 0 saturated heterocycles. The lowest BCUT2D eigenvalue weighted by molar-refractivity contribution is -0.143. The summed E-state index contributed by atoms with van der Waals surface area (Å²) in [7, 11) is 0. The molecule has 38 heavy (non-hydrogen) atoms. The van der Waals surface area contributed by atoms with E-state index in [1.807, 2.05) is 0 Å². The Morgan fingerprint density at radius 3 is 2.18 bits per heavy atom. The number of rotatable bonds is 11. The molecular weight excluding hydrogens is 533 g/mol. The molecule has 0 saturated carbocycles. The fourth-order valence-electron chi connectivity index (χ4n) is 3.26. The van der Waals surface area contributed by atoms with Crippen molar-refractivity contribution in [1.29, 1.82) is 0 Å². The van der Waals surface area contributed by atoms with Crippen molar-refractivity contribution in [2.45, 2.75) is 25.9 Å². The third kappa shape index (κ3) is 8.26. The molecule has 0 bridgehead atoms. The van der Waals surface area contributed by atoms with Gasteiger partial charge < -0.3 is 14.8 Å². The van der Waals surface area contributed by atoms with Crippen molar-refractivity contribution in [2.75, 3.05) is 11.9 Å². The van der Waals surface area contributed by atoms with Crippen LogP contribution in [0.3, 0.4) is 0 Å². The monoisotopic (exact) mass is 555 g/mol. The number of carbonyl (C=O) groups is 5. The smallest absolute Gasteiger partial charge is 0.338 e. The Morgan fingerprint density at radius 2 is 1.53 bits per heavy atom. The zero-order chi connectivity index (χ0) is 27.7. The maximum Gasteiger partial charge on any atom is 0.338 e. The molecule has 0 aliphatic carbocycles. The molecule has 196 valence electrons. The quantitative estimate of drug-likeness (QED) is 0.243. The van der Waals surface area contributed by atoms with E-state index >= 15 is 0 Å². The topological polar surface area (TPSA) is 116 Å². The van der Waals surface area contributed by atoms with Crippen molar-refractivity contribution < 1.29 is 33.4 Å². The zero-order valence-electron chi connectivity index (χ0n) is 20.2. The fourth-order valence-corrected chi connectivity index (χ4v) is 3.77. The van der Waals surface area contributed by atoms with Gasteiger partial charge in [-0.05, 0) is 49.4 Å². The summed E-state index contributed by atoms with van der Waals surface area (Å²) in [6, 6.07) is 18.7. The lowest BCUT2D eigenvalue weighted by Crippen LogP contribution is -2.24. The average molecular weight is 556 g/mol. The van der Waals surface area contributed by atoms with Crippen LogP contribution in [0.5, 0.6) is 0 Å². The second-order valence-electron chi connectivity index (χ2n) is 8.11. The zero-order valence-corrected chi connectivity index (χ0v) is 21.8. The summed E-state index contributed by atoms with van der Waals surface area (Å²) >= 11 is 11.8. The van der Waals surface area contributed by atoms with Crippen molar-refractivity contribution in [3.8, 4) is 0 Å². The van der Waals surface area contributed by atoms with Gasteiger partial charge in [0.05, 0.1) is 17.0 Å². The Bertz CT molecular complexity index is 1340. The first-order valence-corrected chi connectivity index (χ1v) is 12.2. The second kappa shape index (κ2) is 13.5. The van der Waals surface area contributed by atoms with E-state index in [0.717, 1.165) is 0 Å². The van der Waals surface area contributed by atoms with Crippen molar-refractivity contribution in [3.63, 3.8) is 0 Å². The highest BCUT2D eigenvalue weighted by atomic mass is 35.5. The number of halogens is 2. The highest BCUT2D eigenvalue weighted by molar-refractivity contribution is 6.36. The van der Waals surface area contributed by atoms with E-state index in [1.54, 1.807) is 30.3 Å². The second-order valence-corrected chi connectivity index (χ2v) is 8.96. The summed E-state index contributed by atoms with van der Waals surface area (Å²) in [5.74, 6) is -2.69. The Morgan fingerprint density at radius 1 is 0.842 bits per heavy atom. The van der Waals surface area contributed by atoms with Crippen LogP contribution in [0.25, 0.3) is 0 Å². The van der Waals surface area contributed by atoms with Crippen LogP contribution in [0.2, 0.25) is 10.0 Å². The number of hydrogen-bond acceptors (Lipinski definition) is 7. The van der Waals surface area contributed by atoms with E-state index in [2.05, 4.69) is 5.32 Å². The highest BCUT2D eigenvalue weighted by Crippen LogP contribution is 2.21. The largest absolute Gasteiger partial charge is 0.457 e. The van der Waals surface area contributed by atoms with Crippen LogP contribution < -0.4 is 5.32 Å². The minimum absolute atomic E-state index is 0.146. The van der Waals surface area contributed by atoms with E-state index in [4.69, 9.17) is 32.7 Å². The molecule has 0 spiro atoms. The molecule has 0 heterocycles. The van der Waals surface area contributed by atoms with Crippen LogP contribution >= 0.6 is 23.2 Å². The number of ketones is 2. The minimum atomic E-state index is -0.970. The van der Waals surface area contributed by atoms with Gasteiger partial charge in [0.2, 0.25) is 17.5 Å². The number of esters is 2. The minimum Gasteiger partial charge on any atom is -0.457 e. The van der Waals surface area contributed by atoms with E-state index in [1.165, 1.54) is 49.4 Å². The standard InChI is InChI=1S/C28H23Cl2NO7/c1-17(27(35)18-5-3-2-4-6-18)38-28(36)19-7-10-21(11-8-19)31-25(33)13-14-26(34)37-16-24(32)22-12-9-20(29)15-23(22)30/h2-12,15,17H,13-14,16H2,1H3,(H,31,33). The summed E-state index contributed by atoms with van der Waals surface area (Å²) in [6.45, 7) is 0.977. The van der Waals surface area contributed by atoms with Gasteiger partial charge in [0.1, 0.15) is 0 Å². The molecule has 0 aromatic heterocycles. The molecule has 0 radical (unpaired) electrons. The molecular formula is C28H23Cl2NO7. The van der Waals surface area contributed by atoms with Crippen molar-refractivity contribution in [3.05, 3.63) is 99.5 Å². The maximum atomic E-state index is 12.4. The maximum absolute atomic E-state index is 12.4. The van der Waals surface area contributed by atoms with Crippen molar-refractivity contribution in [1.82, 2.24) is 0 Å². The normalized spacial score (nSPS) is 11.2. The molecule has 1 amide bonds. The first-order valence-electron chi connectivity index (χ1n) is 11.5. The lowest BCUT2D eigenvalue weighted by Gasteiger charge is -2.12. The number of amides is 1. The predicted octanol–water partition coefficient (Wildman–Crippen LogP) is 5.57. The van der Waals surface area contributed by atoms with Gasteiger partial charge >= 0.3 is 11.9 Å². The van der Waals surface area contributed by atoms with Gasteiger partial charge in [-0.2, -0.15) is 0 Å². The number of anilines is 1. The summed E-state index contributed by atoms with van der Waals surface area (Å²) in [6.07, 6.45) is -1.40. The Labute approximate surface area is 228 Å². The van der Waals surface area contributed by atoms with Gasteiger partial charge in [0, 0.05) is 28.3 Å². The molecule has 3 aromatic rings. The molecule has 1 unspecified atom stereocenters. The number of ether oxygens (including phenoxy) is 2. The van der Waals surface area contributed by atoms with E-state index in [0.29, 0.717) is 16.3 Å². The van der Waals surface area contributed by atoms with Crippen LogP contribution in [0.1, 0.15) is 50.8 Å². The molecule has 8 nitrogen and oxygen atoms in total.